The van der Waals surface area contributed by atoms with Gasteiger partial charge in [0.25, 0.3) is 0 Å². The zero-order valence-corrected chi connectivity index (χ0v) is 12.6. The number of pyridine rings is 1. The summed E-state index contributed by atoms with van der Waals surface area (Å²) in [5, 5.41) is 3.99. The Morgan fingerprint density at radius 2 is 2.27 bits per heavy atom. The van der Waals surface area contributed by atoms with E-state index in [1.165, 1.54) is 0 Å². The summed E-state index contributed by atoms with van der Waals surface area (Å²) in [5.41, 5.74) is 0.770. The van der Waals surface area contributed by atoms with Gasteiger partial charge in [0.1, 0.15) is 5.92 Å². The molecule has 1 atom stereocenters. The van der Waals surface area contributed by atoms with Crippen LogP contribution in [0.2, 0.25) is 0 Å². The molecule has 0 saturated heterocycles. The summed E-state index contributed by atoms with van der Waals surface area (Å²) in [5.74, 6) is 0.303. The maximum atomic E-state index is 12.3. The van der Waals surface area contributed by atoms with Crippen LogP contribution < -0.4 is 0 Å². The molecule has 0 radical (unpaired) electrons. The molecule has 0 N–H and O–H groups in total. The summed E-state index contributed by atoms with van der Waals surface area (Å²) in [4.78, 5) is 20.8. The van der Waals surface area contributed by atoms with Crippen LogP contribution in [0.3, 0.4) is 0 Å². The van der Waals surface area contributed by atoms with Crippen LogP contribution in [0.4, 0.5) is 0 Å². The molecule has 0 spiro atoms. The number of hydrogen-bond acceptors (Lipinski definition) is 6. The summed E-state index contributed by atoms with van der Waals surface area (Å²) in [7, 11) is 0. The fraction of sp³-hybridized carbons (Fsp3) is 0.500. The lowest BCUT2D eigenvalue weighted by Crippen LogP contribution is -2.23. The third kappa shape index (κ3) is 3.00. The maximum absolute atomic E-state index is 12.3. The van der Waals surface area contributed by atoms with Crippen LogP contribution >= 0.6 is 0 Å². The molecule has 1 aliphatic rings. The molecular weight excluding hydrogens is 282 g/mol. The van der Waals surface area contributed by atoms with Crippen LogP contribution in [-0.4, -0.2) is 27.7 Å². The minimum atomic E-state index is -0.458. The predicted molar refractivity (Wildman–Crippen MR) is 78.9 cm³/mol. The number of carbonyl (C=O) groups is 1. The Labute approximate surface area is 128 Å². The Bertz CT molecular complexity index is 621. The van der Waals surface area contributed by atoms with Crippen molar-refractivity contribution in [2.24, 2.45) is 5.92 Å². The van der Waals surface area contributed by atoms with Crippen LogP contribution in [0.15, 0.2) is 29.0 Å². The van der Waals surface area contributed by atoms with Crippen molar-refractivity contribution in [2.45, 2.75) is 38.5 Å². The Hall–Kier alpha value is -2.24. The highest BCUT2D eigenvalue weighted by Gasteiger charge is 2.37. The highest BCUT2D eigenvalue weighted by Crippen LogP contribution is 2.38. The number of carbonyl (C=O) groups excluding carboxylic acids is 1. The van der Waals surface area contributed by atoms with Gasteiger partial charge in [0, 0.05) is 18.0 Å². The van der Waals surface area contributed by atoms with Crippen LogP contribution in [0.1, 0.15) is 44.4 Å². The van der Waals surface area contributed by atoms with Gasteiger partial charge < -0.3 is 9.26 Å². The summed E-state index contributed by atoms with van der Waals surface area (Å²) in [6.07, 6.45) is 7.60. The number of ether oxygens (including phenoxy) is 1. The van der Waals surface area contributed by atoms with E-state index < -0.39 is 5.92 Å². The third-order valence-electron chi connectivity index (χ3n) is 4.04. The molecule has 1 saturated carbocycles. The molecule has 2 aromatic rings. The summed E-state index contributed by atoms with van der Waals surface area (Å²) in [6.45, 7) is 2.16. The van der Waals surface area contributed by atoms with Crippen molar-refractivity contribution in [1.29, 1.82) is 0 Å². The molecule has 22 heavy (non-hydrogen) atoms. The Morgan fingerprint density at radius 1 is 1.45 bits per heavy atom. The van der Waals surface area contributed by atoms with E-state index in [4.69, 9.17) is 9.26 Å². The normalized spacial score (nSPS) is 16.6. The molecule has 0 aliphatic heterocycles. The molecule has 0 aromatic carbocycles. The van der Waals surface area contributed by atoms with Gasteiger partial charge in [0.05, 0.1) is 6.61 Å². The molecule has 1 aliphatic carbocycles. The van der Waals surface area contributed by atoms with E-state index in [9.17, 15) is 4.79 Å². The first-order valence-corrected chi connectivity index (χ1v) is 7.70. The number of hydrogen-bond donors (Lipinski definition) is 0. The van der Waals surface area contributed by atoms with E-state index in [-0.39, 0.29) is 11.9 Å². The molecule has 2 heterocycles. The largest absolute Gasteiger partial charge is 0.465 e. The van der Waals surface area contributed by atoms with Gasteiger partial charge in [-0.05, 0) is 37.8 Å². The quantitative estimate of drug-likeness (QED) is 0.790. The van der Waals surface area contributed by atoms with Gasteiger partial charge in [-0.2, -0.15) is 4.98 Å². The minimum absolute atomic E-state index is 0.223. The number of esters is 1. The van der Waals surface area contributed by atoms with Gasteiger partial charge in [-0.25, -0.2) is 0 Å². The first kappa shape index (κ1) is 14.7. The molecular formula is C16H19N3O3. The third-order valence-corrected chi connectivity index (χ3v) is 4.04. The maximum Gasteiger partial charge on any atom is 0.318 e. The molecule has 2 aromatic heterocycles. The van der Waals surface area contributed by atoms with Crippen molar-refractivity contribution in [3.8, 4) is 11.4 Å². The fourth-order valence-electron chi connectivity index (χ4n) is 2.99. The second kappa shape index (κ2) is 6.68. The molecule has 6 nitrogen and oxygen atoms in total. The number of aromatic nitrogens is 3. The summed E-state index contributed by atoms with van der Waals surface area (Å²) in [6, 6.07) is 3.67. The average molecular weight is 301 g/mol. The fourth-order valence-corrected chi connectivity index (χ4v) is 2.99. The SMILES string of the molecule is CCOC(=O)C(c1nc(-c2cccnc2)no1)C1CCCC1. The number of nitrogens with zero attached hydrogens (tertiary/aromatic N) is 3. The molecule has 3 rings (SSSR count). The molecule has 116 valence electrons. The Kier molecular flexibility index (Phi) is 4.46. The highest BCUT2D eigenvalue weighted by molar-refractivity contribution is 5.77. The van der Waals surface area contributed by atoms with Crippen molar-refractivity contribution in [1.82, 2.24) is 15.1 Å². The Morgan fingerprint density at radius 3 is 2.95 bits per heavy atom. The molecule has 1 unspecified atom stereocenters. The minimum Gasteiger partial charge on any atom is -0.465 e. The molecule has 6 heteroatoms. The van der Waals surface area contributed by atoms with Crippen LogP contribution in [-0.2, 0) is 9.53 Å². The first-order chi connectivity index (χ1) is 10.8. The molecule has 1 fully saturated rings. The van der Waals surface area contributed by atoms with E-state index in [0.717, 1.165) is 31.2 Å². The van der Waals surface area contributed by atoms with Gasteiger partial charge in [0.15, 0.2) is 0 Å². The smallest absolute Gasteiger partial charge is 0.318 e. The predicted octanol–water partition coefficient (Wildman–Crippen LogP) is 2.97. The zero-order valence-electron chi connectivity index (χ0n) is 12.6. The molecule has 0 amide bonds. The van der Waals surface area contributed by atoms with Crippen LogP contribution in [0.25, 0.3) is 11.4 Å². The van der Waals surface area contributed by atoms with Gasteiger partial charge in [-0.3, -0.25) is 9.78 Å². The van der Waals surface area contributed by atoms with Crippen molar-refractivity contribution in [3.05, 3.63) is 30.4 Å². The van der Waals surface area contributed by atoms with Crippen molar-refractivity contribution in [3.63, 3.8) is 0 Å². The summed E-state index contributed by atoms with van der Waals surface area (Å²) < 4.78 is 10.6. The van der Waals surface area contributed by atoms with E-state index in [1.54, 1.807) is 19.3 Å². The van der Waals surface area contributed by atoms with Crippen LogP contribution in [0.5, 0.6) is 0 Å². The standard InChI is InChI=1S/C16H19N3O3/c1-2-21-16(20)13(11-6-3-4-7-11)15-18-14(19-22-15)12-8-5-9-17-10-12/h5,8-11,13H,2-4,6-7H2,1H3. The van der Waals surface area contributed by atoms with Gasteiger partial charge in [-0.15, -0.1) is 0 Å². The van der Waals surface area contributed by atoms with Crippen molar-refractivity contribution >= 4 is 5.97 Å². The first-order valence-electron chi connectivity index (χ1n) is 7.70. The van der Waals surface area contributed by atoms with E-state index in [1.807, 2.05) is 12.1 Å². The Balaban J connectivity index is 1.88. The van der Waals surface area contributed by atoms with Gasteiger partial charge in [-0.1, -0.05) is 18.0 Å². The lowest BCUT2D eigenvalue weighted by Gasteiger charge is -2.17. The topological polar surface area (TPSA) is 78.1 Å². The van der Waals surface area contributed by atoms with Crippen molar-refractivity contribution in [2.75, 3.05) is 6.61 Å². The van der Waals surface area contributed by atoms with E-state index >= 15 is 0 Å². The van der Waals surface area contributed by atoms with E-state index in [2.05, 4.69) is 15.1 Å². The van der Waals surface area contributed by atoms with E-state index in [0.29, 0.717) is 18.3 Å². The lowest BCUT2D eigenvalue weighted by atomic mass is 9.90. The number of rotatable bonds is 5. The highest BCUT2D eigenvalue weighted by atomic mass is 16.5. The monoisotopic (exact) mass is 301 g/mol. The lowest BCUT2D eigenvalue weighted by molar-refractivity contribution is -0.147. The van der Waals surface area contributed by atoms with Gasteiger partial charge in [0.2, 0.25) is 11.7 Å². The second-order valence-corrected chi connectivity index (χ2v) is 5.47. The summed E-state index contributed by atoms with van der Waals surface area (Å²) >= 11 is 0. The van der Waals surface area contributed by atoms with Gasteiger partial charge >= 0.3 is 5.97 Å². The zero-order chi connectivity index (χ0) is 15.4. The van der Waals surface area contributed by atoms with Crippen LogP contribution in [0, 0.1) is 5.92 Å². The van der Waals surface area contributed by atoms with Crippen molar-refractivity contribution < 1.29 is 14.1 Å². The second-order valence-electron chi connectivity index (χ2n) is 5.47. The molecule has 0 bridgehead atoms. The average Bonchev–Trinajstić information content (AvgIpc) is 3.21.